The molecule has 0 spiro atoms. The summed E-state index contributed by atoms with van der Waals surface area (Å²) in [5.74, 6) is 2.30. The molecule has 0 amide bonds. The summed E-state index contributed by atoms with van der Waals surface area (Å²) in [5, 5.41) is 14.3. The highest BCUT2D eigenvalue weighted by Crippen LogP contribution is 2.38. The quantitative estimate of drug-likeness (QED) is 0.705. The van der Waals surface area contributed by atoms with Crippen LogP contribution in [0.25, 0.3) is 22.8 Å². The number of aliphatic hydroxyl groups excluding tert-OH is 1. The normalized spacial score (nSPS) is 15.6. The highest BCUT2D eigenvalue weighted by atomic mass is 16.5. The molecule has 6 nitrogen and oxygen atoms in total. The molecule has 0 fully saturated rings. The fraction of sp³-hybridized carbons (Fsp3) is 0.333. The third kappa shape index (κ3) is 3.28. The second kappa shape index (κ2) is 7.40. The predicted molar refractivity (Wildman–Crippen MR) is 101 cm³/mol. The first-order valence-electron chi connectivity index (χ1n) is 9.25. The lowest BCUT2D eigenvalue weighted by molar-refractivity contribution is 0.180. The lowest BCUT2D eigenvalue weighted by Crippen LogP contribution is -1.98. The molecule has 4 rings (SSSR count). The Morgan fingerprint density at radius 3 is 2.74 bits per heavy atom. The first-order chi connectivity index (χ1) is 13.2. The minimum atomic E-state index is -0.411. The Bertz CT molecular complexity index is 951. The molecule has 1 heterocycles. The predicted octanol–water partition coefficient (Wildman–Crippen LogP) is 4.18. The number of nitrogens with zero attached hydrogens (tertiary/aromatic N) is 2. The zero-order valence-corrected chi connectivity index (χ0v) is 15.4. The largest absolute Gasteiger partial charge is 0.490 e. The molecule has 0 bridgehead atoms. The molecule has 27 heavy (non-hydrogen) atoms. The van der Waals surface area contributed by atoms with Crippen LogP contribution in [0.2, 0.25) is 0 Å². The summed E-state index contributed by atoms with van der Waals surface area (Å²) in [4.78, 5) is 4.57. The number of ether oxygens (including phenoxy) is 2. The van der Waals surface area contributed by atoms with Gasteiger partial charge in [-0.15, -0.1) is 0 Å². The molecule has 1 N–H and O–H groups in total. The van der Waals surface area contributed by atoms with Crippen molar-refractivity contribution in [3.63, 3.8) is 0 Å². The third-order valence-corrected chi connectivity index (χ3v) is 4.70. The molecule has 2 aromatic carbocycles. The zero-order valence-electron chi connectivity index (χ0n) is 15.4. The first-order valence-corrected chi connectivity index (χ1v) is 9.25. The van der Waals surface area contributed by atoms with Crippen LogP contribution in [0.3, 0.4) is 0 Å². The number of rotatable bonds is 6. The number of fused-ring (bicyclic) bond motifs is 1. The summed E-state index contributed by atoms with van der Waals surface area (Å²) in [6.45, 7) is 4.97. The van der Waals surface area contributed by atoms with Gasteiger partial charge in [0.25, 0.3) is 5.89 Å². The number of aromatic nitrogens is 2. The minimum Gasteiger partial charge on any atom is -0.490 e. The molecule has 6 heteroatoms. The van der Waals surface area contributed by atoms with Gasteiger partial charge in [0.1, 0.15) is 0 Å². The summed E-state index contributed by atoms with van der Waals surface area (Å²) in [5.41, 5.74) is 3.74. The molecule has 0 saturated heterocycles. The molecule has 0 aliphatic heterocycles. The molecule has 1 aliphatic carbocycles. The summed E-state index contributed by atoms with van der Waals surface area (Å²) >= 11 is 0. The van der Waals surface area contributed by atoms with E-state index in [4.69, 9.17) is 14.0 Å². The van der Waals surface area contributed by atoms with E-state index >= 15 is 0 Å². The number of hydrogen-bond acceptors (Lipinski definition) is 6. The van der Waals surface area contributed by atoms with Crippen LogP contribution >= 0.6 is 0 Å². The van der Waals surface area contributed by atoms with Crippen LogP contribution in [0, 0.1) is 0 Å². The van der Waals surface area contributed by atoms with Crippen molar-refractivity contribution in [2.75, 3.05) is 13.2 Å². The van der Waals surface area contributed by atoms with Crippen molar-refractivity contribution in [2.24, 2.45) is 0 Å². The van der Waals surface area contributed by atoms with Crippen molar-refractivity contribution < 1.29 is 19.1 Å². The van der Waals surface area contributed by atoms with E-state index in [-0.39, 0.29) is 0 Å². The van der Waals surface area contributed by atoms with E-state index in [0.717, 1.165) is 35.1 Å². The van der Waals surface area contributed by atoms with Gasteiger partial charge in [0, 0.05) is 11.1 Å². The van der Waals surface area contributed by atoms with Crippen molar-refractivity contribution >= 4 is 0 Å². The Labute approximate surface area is 157 Å². The van der Waals surface area contributed by atoms with Gasteiger partial charge >= 0.3 is 0 Å². The van der Waals surface area contributed by atoms with E-state index in [0.29, 0.717) is 36.4 Å². The van der Waals surface area contributed by atoms with E-state index in [9.17, 15) is 5.11 Å². The average Bonchev–Trinajstić information content (AvgIpc) is 3.31. The molecule has 0 saturated carbocycles. The maximum absolute atomic E-state index is 10.1. The second-order valence-electron chi connectivity index (χ2n) is 6.38. The Kier molecular flexibility index (Phi) is 4.81. The van der Waals surface area contributed by atoms with Gasteiger partial charge < -0.3 is 19.1 Å². The van der Waals surface area contributed by atoms with Gasteiger partial charge in [-0.05, 0) is 56.0 Å². The summed E-state index contributed by atoms with van der Waals surface area (Å²) in [7, 11) is 0. The fourth-order valence-electron chi connectivity index (χ4n) is 3.48. The van der Waals surface area contributed by atoms with Crippen molar-refractivity contribution in [3.05, 3.63) is 47.5 Å². The summed E-state index contributed by atoms with van der Waals surface area (Å²) in [6.07, 6.45) is 1.13. The van der Waals surface area contributed by atoms with Gasteiger partial charge in [0.15, 0.2) is 11.5 Å². The zero-order chi connectivity index (χ0) is 18.8. The molecule has 1 atom stereocenters. The number of aliphatic hydroxyl groups is 1. The lowest BCUT2D eigenvalue weighted by Gasteiger charge is -2.11. The maximum atomic E-state index is 10.1. The van der Waals surface area contributed by atoms with Gasteiger partial charge in [-0.2, -0.15) is 4.98 Å². The molecule has 140 valence electrons. The van der Waals surface area contributed by atoms with Gasteiger partial charge in [0.05, 0.1) is 19.3 Å². The van der Waals surface area contributed by atoms with Gasteiger partial charge in [0.2, 0.25) is 5.82 Å². The lowest BCUT2D eigenvalue weighted by atomic mass is 10.0. The summed E-state index contributed by atoms with van der Waals surface area (Å²) < 4.78 is 16.8. The minimum absolute atomic E-state index is 0.411. The van der Waals surface area contributed by atoms with Crippen LogP contribution in [0.1, 0.15) is 37.5 Å². The first kappa shape index (κ1) is 17.5. The Morgan fingerprint density at radius 1 is 1.11 bits per heavy atom. The monoisotopic (exact) mass is 366 g/mol. The number of hydrogen-bond donors (Lipinski definition) is 1. The topological polar surface area (TPSA) is 77.6 Å². The Balaban J connectivity index is 1.69. The average molecular weight is 366 g/mol. The standard InChI is InChI=1S/C21H22N2O4/c1-3-25-18-11-8-13(12-19(18)26-4-2)21-22-20(23-27-21)16-7-5-6-15-14(16)9-10-17(15)24/h5-8,11-12,17,24H,3-4,9-10H2,1-2H3/t17-/m0/s1. The third-order valence-electron chi connectivity index (χ3n) is 4.70. The fourth-order valence-corrected chi connectivity index (χ4v) is 3.48. The van der Waals surface area contributed by atoms with Crippen LogP contribution in [0.4, 0.5) is 0 Å². The Morgan fingerprint density at radius 2 is 1.93 bits per heavy atom. The van der Waals surface area contributed by atoms with Crippen LogP contribution in [0.5, 0.6) is 11.5 Å². The van der Waals surface area contributed by atoms with Crippen molar-refractivity contribution in [2.45, 2.75) is 32.8 Å². The van der Waals surface area contributed by atoms with Crippen LogP contribution < -0.4 is 9.47 Å². The highest BCUT2D eigenvalue weighted by molar-refractivity contribution is 5.66. The Hall–Kier alpha value is -2.86. The smallest absolute Gasteiger partial charge is 0.258 e. The van der Waals surface area contributed by atoms with Gasteiger partial charge in [-0.25, -0.2) is 0 Å². The maximum Gasteiger partial charge on any atom is 0.258 e. The van der Waals surface area contributed by atoms with E-state index < -0.39 is 6.10 Å². The molecular formula is C21H22N2O4. The molecule has 0 radical (unpaired) electrons. The summed E-state index contributed by atoms with van der Waals surface area (Å²) in [6, 6.07) is 11.4. The highest BCUT2D eigenvalue weighted by Gasteiger charge is 2.25. The van der Waals surface area contributed by atoms with Crippen molar-refractivity contribution in [1.29, 1.82) is 0 Å². The van der Waals surface area contributed by atoms with Crippen molar-refractivity contribution in [3.8, 4) is 34.3 Å². The van der Waals surface area contributed by atoms with E-state index in [2.05, 4.69) is 10.1 Å². The molecule has 0 unspecified atom stereocenters. The molecule has 1 aliphatic rings. The van der Waals surface area contributed by atoms with Crippen LogP contribution in [-0.2, 0) is 6.42 Å². The van der Waals surface area contributed by atoms with E-state index in [1.165, 1.54) is 0 Å². The molecule has 1 aromatic heterocycles. The number of benzene rings is 2. The molecular weight excluding hydrogens is 344 g/mol. The van der Waals surface area contributed by atoms with Gasteiger partial charge in [-0.3, -0.25) is 0 Å². The van der Waals surface area contributed by atoms with Crippen LogP contribution in [-0.4, -0.2) is 28.5 Å². The second-order valence-corrected chi connectivity index (χ2v) is 6.38. The van der Waals surface area contributed by atoms with Crippen LogP contribution in [0.15, 0.2) is 40.9 Å². The van der Waals surface area contributed by atoms with Crippen molar-refractivity contribution in [1.82, 2.24) is 10.1 Å². The van der Waals surface area contributed by atoms with Gasteiger partial charge in [-0.1, -0.05) is 23.4 Å². The van der Waals surface area contributed by atoms with E-state index in [1.54, 1.807) is 0 Å². The molecule has 3 aromatic rings. The SMILES string of the molecule is CCOc1ccc(-c2nc(-c3cccc4c3CC[C@@H]4O)no2)cc1OCC. The van der Waals surface area contributed by atoms with E-state index in [1.807, 2.05) is 50.2 Å².